The molecule has 6 heteroatoms. The van der Waals surface area contributed by atoms with E-state index in [0.29, 0.717) is 11.4 Å². The molecular weight excluding hydrogens is 329 g/mol. The summed E-state index contributed by atoms with van der Waals surface area (Å²) in [6, 6.07) is 15.3. The van der Waals surface area contributed by atoms with Gasteiger partial charge in [-0.25, -0.2) is 12.8 Å². The average Bonchev–Trinajstić information content (AvgIpc) is 3.07. The summed E-state index contributed by atoms with van der Waals surface area (Å²) in [7, 11) is -3.85. The highest BCUT2D eigenvalue weighted by atomic mass is 32.2. The van der Waals surface area contributed by atoms with Gasteiger partial charge in [-0.2, -0.15) is 0 Å². The van der Waals surface area contributed by atoms with Gasteiger partial charge >= 0.3 is 0 Å². The normalized spacial score (nSPS) is 11.4. The third-order valence-electron chi connectivity index (χ3n) is 3.60. The van der Waals surface area contributed by atoms with Crippen LogP contribution in [0.5, 0.6) is 0 Å². The highest BCUT2D eigenvalue weighted by Crippen LogP contribution is 2.26. The minimum Gasteiger partial charge on any atom is -0.467 e. The molecule has 0 aliphatic heterocycles. The number of nitrogens with zero attached hydrogens (tertiary/aromatic N) is 1. The quantitative estimate of drug-likeness (QED) is 0.699. The number of halogens is 1. The van der Waals surface area contributed by atoms with E-state index in [-0.39, 0.29) is 11.4 Å². The van der Waals surface area contributed by atoms with Gasteiger partial charge in [0.05, 0.1) is 23.4 Å². The Balaban J connectivity index is 2.05. The average molecular weight is 345 g/mol. The molecule has 3 rings (SSSR count). The molecule has 4 nitrogen and oxygen atoms in total. The van der Waals surface area contributed by atoms with Crippen molar-refractivity contribution in [2.75, 3.05) is 4.31 Å². The van der Waals surface area contributed by atoms with Crippen LogP contribution in [0.2, 0.25) is 0 Å². The van der Waals surface area contributed by atoms with Crippen LogP contribution in [-0.4, -0.2) is 8.42 Å². The number of rotatable bonds is 5. The van der Waals surface area contributed by atoms with Crippen molar-refractivity contribution in [2.24, 2.45) is 0 Å². The molecule has 24 heavy (non-hydrogen) atoms. The molecule has 0 spiro atoms. The molecule has 0 fully saturated rings. The highest BCUT2D eigenvalue weighted by molar-refractivity contribution is 7.92. The largest absolute Gasteiger partial charge is 0.467 e. The summed E-state index contributed by atoms with van der Waals surface area (Å²) in [4.78, 5) is 0.0241. The number of furan rings is 1. The summed E-state index contributed by atoms with van der Waals surface area (Å²) in [6.45, 7) is 1.98. The molecule has 124 valence electrons. The number of aryl methyl sites for hydroxylation is 1. The standard InChI is InChI=1S/C18H16FNO3S/c1-14-4-8-16(9-5-14)20(13-17-3-2-12-23-17)24(21,22)18-10-6-15(19)7-11-18/h2-12H,13H2,1H3. The van der Waals surface area contributed by atoms with Gasteiger partial charge in [0.15, 0.2) is 0 Å². The number of sulfonamides is 1. The van der Waals surface area contributed by atoms with Crippen LogP contribution in [0.15, 0.2) is 76.2 Å². The molecule has 1 aromatic heterocycles. The fourth-order valence-corrected chi connectivity index (χ4v) is 3.73. The molecule has 0 N–H and O–H groups in total. The van der Waals surface area contributed by atoms with Gasteiger partial charge < -0.3 is 4.42 Å². The lowest BCUT2D eigenvalue weighted by molar-refractivity contribution is 0.508. The van der Waals surface area contributed by atoms with E-state index >= 15 is 0 Å². The molecule has 0 aliphatic rings. The SMILES string of the molecule is Cc1ccc(N(Cc2ccco2)S(=O)(=O)c2ccc(F)cc2)cc1. The van der Waals surface area contributed by atoms with E-state index in [1.807, 2.05) is 19.1 Å². The Hall–Kier alpha value is -2.60. The summed E-state index contributed by atoms with van der Waals surface area (Å²) in [5.74, 6) is 0.0307. The molecule has 0 bridgehead atoms. The summed E-state index contributed by atoms with van der Waals surface area (Å²) in [6.07, 6.45) is 1.49. The maximum absolute atomic E-state index is 13.1. The second kappa shape index (κ2) is 6.49. The van der Waals surface area contributed by atoms with Gasteiger partial charge in [-0.05, 0) is 55.5 Å². The van der Waals surface area contributed by atoms with E-state index in [1.54, 1.807) is 24.3 Å². The van der Waals surface area contributed by atoms with Crippen LogP contribution in [0, 0.1) is 12.7 Å². The summed E-state index contributed by atoms with van der Waals surface area (Å²) in [5.41, 5.74) is 1.54. The number of anilines is 1. The molecule has 0 atom stereocenters. The number of benzene rings is 2. The van der Waals surface area contributed by atoms with Crippen molar-refractivity contribution < 1.29 is 17.2 Å². The molecule has 0 radical (unpaired) electrons. The van der Waals surface area contributed by atoms with E-state index in [4.69, 9.17) is 4.42 Å². The van der Waals surface area contributed by atoms with Gasteiger partial charge in [-0.15, -0.1) is 0 Å². The summed E-state index contributed by atoms with van der Waals surface area (Å²) >= 11 is 0. The second-order valence-corrected chi connectivity index (χ2v) is 7.24. The molecule has 0 saturated heterocycles. The van der Waals surface area contributed by atoms with Gasteiger partial charge in [0.1, 0.15) is 11.6 Å². The predicted octanol–water partition coefficient (Wildman–Crippen LogP) is 4.12. The molecule has 0 unspecified atom stereocenters. The Morgan fingerprint density at radius 3 is 2.25 bits per heavy atom. The predicted molar refractivity (Wildman–Crippen MR) is 89.7 cm³/mol. The number of hydrogen-bond acceptors (Lipinski definition) is 3. The topological polar surface area (TPSA) is 50.5 Å². The van der Waals surface area contributed by atoms with Crippen molar-refractivity contribution in [1.82, 2.24) is 0 Å². The van der Waals surface area contributed by atoms with Crippen LogP contribution >= 0.6 is 0 Å². The molecule has 2 aromatic carbocycles. The van der Waals surface area contributed by atoms with Crippen LogP contribution in [0.3, 0.4) is 0 Å². The van der Waals surface area contributed by atoms with Gasteiger partial charge in [-0.3, -0.25) is 4.31 Å². The van der Waals surface area contributed by atoms with Crippen LogP contribution < -0.4 is 4.31 Å². The fraction of sp³-hybridized carbons (Fsp3) is 0.111. The van der Waals surface area contributed by atoms with E-state index in [9.17, 15) is 12.8 Å². The zero-order valence-electron chi connectivity index (χ0n) is 13.0. The van der Waals surface area contributed by atoms with Crippen LogP contribution in [0.25, 0.3) is 0 Å². The lowest BCUT2D eigenvalue weighted by Gasteiger charge is -2.23. The first kappa shape index (κ1) is 16.3. The highest BCUT2D eigenvalue weighted by Gasteiger charge is 2.26. The maximum Gasteiger partial charge on any atom is 0.264 e. The van der Waals surface area contributed by atoms with Crippen LogP contribution in [-0.2, 0) is 16.6 Å². The molecule has 0 aliphatic carbocycles. The van der Waals surface area contributed by atoms with E-state index in [2.05, 4.69) is 0 Å². The first-order valence-corrected chi connectivity index (χ1v) is 8.78. The van der Waals surface area contributed by atoms with Gasteiger partial charge in [0, 0.05) is 0 Å². The van der Waals surface area contributed by atoms with Crippen molar-refractivity contribution in [3.63, 3.8) is 0 Å². The van der Waals surface area contributed by atoms with Crippen molar-refractivity contribution in [2.45, 2.75) is 18.4 Å². The molecule has 0 saturated carbocycles. The Kier molecular flexibility index (Phi) is 4.40. The second-order valence-electron chi connectivity index (χ2n) is 5.38. The minimum atomic E-state index is -3.85. The third-order valence-corrected chi connectivity index (χ3v) is 5.39. The zero-order chi connectivity index (χ0) is 17.2. The maximum atomic E-state index is 13.1. The lowest BCUT2D eigenvalue weighted by atomic mass is 10.2. The van der Waals surface area contributed by atoms with Crippen molar-refractivity contribution >= 4 is 15.7 Å². The third kappa shape index (κ3) is 3.33. The Labute approximate surface area is 140 Å². The Morgan fingerprint density at radius 1 is 1.00 bits per heavy atom. The van der Waals surface area contributed by atoms with Gasteiger partial charge in [0.2, 0.25) is 0 Å². The first-order chi connectivity index (χ1) is 11.5. The van der Waals surface area contributed by atoms with Gasteiger partial charge in [0.25, 0.3) is 10.0 Å². The molecule has 1 heterocycles. The fourth-order valence-electron chi connectivity index (χ4n) is 2.30. The Bertz CT molecular complexity index is 902. The van der Waals surface area contributed by atoms with Gasteiger partial charge in [-0.1, -0.05) is 17.7 Å². The van der Waals surface area contributed by atoms with Crippen LogP contribution in [0.1, 0.15) is 11.3 Å². The summed E-state index contributed by atoms with van der Waals surface area (Å²) < 4.78 is 45.7. The van der Waals surface area contributed by atoms with Crippen molar-refractivity contribution in [3.8, 4) is 0 Å². The Morgan fingerprint density at radius 2 is 1.67 bits per heavy atom. The molecule has 3 aromatic rings. The molecular formula is C18H16FNO3S. The minimum absolute atomic E-state index is 0.0241. The molecule has 0 amide bonds. The van der Waals surface area contributed by atoms with Crippen molar-refractivity contribution in [1.29, 1.82) is 0 Å². The number of hydrogen-bond donors (Lipinski definition) is 0. The summed E-state index contributed by atoms with van der Waals surface area (Å²) in [5, 5.41) is 0. The smallest absolute Gasteiger partial charge is 0.264 e. The van der Waals surface area contributed by atoms with Crippen molar-refractivity contribution in [3.05, 3.63) is 84.1 Å². The lowest BCUT2D eigenvalue weighted by Crippen LogP contribution is -2.30. The van der Waals surface area contributed by atoms with E-state index < -0.39 is 15.8 Å². The zero-order valence-corrected chi connectivity index (χ0v) is 13.8. The first-order valence-electron chi connectivity index (χ1n) is 7.34. The van der Waals surface area contributed by atoms with E-state index in [0.717, 1.165) is 17.7 Å². The monoisotopic (exact) mass is 345 g/mol. The van der Waals surface area contributed by atoms with Crippen LogP contribution in [0.4, 0.5) is 10.1 Å². The van der Waals surface area contributed by atoms with E-state index in [1.165, 1.54) is 22.7 Å².